The van der Waals surface area contributed by atoms with Gasteiger partial charge in [0.15, 0.2) is 0 Å². The Bertz CT molecular complexity index is 446. The second-order valence-corrected chi connectivity index (χ2v) is 5.05. The number of amides is 1. The van der Waals surface area contributed by atoms with Gasteiger partial charge in [-0.2, -0.15) is 0 Å². The monoisotopic (exact) mass is 283 g/mol. The smallest absolute Gasteiger partial charge is 0.258 e. The minimum Gasteiger partial charge on any atom is -0.395 e. The fourth-order valence-electron chi connectivity index (χ4n) is 1.94. The number of hydrogen-bond acceptors (Lipinski definition) is 5. The lowest BCUT2D eigenvalue weighted by atomic mass is 10.2. The highest BCUT2D eigenvalue weighted by atomic mass is 32.2. The van der Waals surface area contributed by atoms with Gasteiger partial charge in [0.05, 0.1) is 17.9 Å². The molecule has 0 aliphatic heterocycles. The number of thioether (sulfide) groups is 1. The molecule has 0 atom stereocenters. The molecule has 0 aromatic carbocycles. The molecule has 6 heteroatoms. The molecule has 1 amide bonds. The van der Waals surface area contributed by atoms with Crippen LogP contribution in [0.15, 0.2) is 5.03 Å². The van der Waals surface area contributed by atoms with Crippen LogP contribution in [0.5, 0.6) is 0 Å². The third kappa shape index (κ3) is 3.91. The van der Waals surface area contributed by atoms with E-state index in [0.29, 0.717) is 35.2 Å². The first kappa shape index (κ1) is 15.9. The van der Waals surface area contributed by atoms with Gasteiger partial charge in [-0.25, -0.2) is 9.97 Å². The van der Waals surface area contributed by atoms with Crippen molar-refractivity contribution in [3.63, 3.8) is 0 Å². The molecule has 5 nitrogen and oxygen atoms in total. The highest BCUT2D eigenvalue weighted by Gasteiger charge is 2.22. The third-order valence-electron chi connectivity index (χ3n) is 2.73. The number of aliphatic hydroxyl groups excluding tert-OH is 1. The first-order valence-corrected chi connectivity index (χ1v) is 7.57. The molecule has 0 saturated heterocycles. The van der Waals surface area contributed by atoms with Crippen LogP contribution in [0.2, 0.25) is 0 Å². The van der Waals surface area contributed by atoms with Crippen molar-refractivity contribution in [2.24, 2.45) is 0 Å². The summed E-state index contributed by atoms with van der Waals surface area (Å²) in [6.45, 7) is 6.58. The van der Waals surface area contributed by atoms with Crippen molar-refractivity contribution in [2.75, 3.05) is 26.0 Å². The average molecular weight is 283 g/mol. The van der Waals surface area contributed by atoms with Crippen molar-refractivity contribution < 1.29 is 9.90 Å². The number of aryl methyl sites for hydroxylation is 2. The van der Waals surface area contributed by atoms with Crippen molar-refractivity contribution >= 4 is 17.7 Å². The maximum atomic E-state index is 12.6. The zero-order valence-corrected chi connectivity index (χ0v) is 12.8. The molecule has 106 valence electrons. The minimum atomic E-state index is -0.0993. The van der Waals surface area contributed by atoms with Gasteiger partial charge in [-0.15, -0.1) is 11.8 Å². The molecule has 0 radical (unpaired) electrons. The van der Waals surface area contributed by atoms with Crippen LogP contribution in [0.25, 0.3) is 0 Å². The minimum absolute atomic E-state index is 0.0356. The molecule has 1 heterocycles. The summed E-state index contributed by atoms with van der Waals surface area (Å²) in [7, 11) is 0. The van der Waals surface area contributed by atoms with Gasteiger partial charge in [0.25, 0.3) is 5.91 Å². The second kappa shape index (κ2) is 7.45. The maximum Gasteiger partial charge on any atom is 0.258 e. The van der Waals surface area contributed by atoms with E-state index in [1.165, 1.54) is 11.8 Å². The van der Waals surface area contributed by atoms with Crippen molar-refractivity contribution in [3.05, 3.63) is 17.1 Å². The van der Waals surface area contributed by atoms with E-state index in [2.05, 4.69) is 9.97 Å². The fraction of sp³-hybridized carbons (Fsp3) is 0.615. The Labute approximate surface area is 118 Å². The predicted molar refractivity (Wildman–Crippen MR) is 76.6 cm³/mol. The highest BCUT2D eigenvalue weighted by molar-refractivity contribution is 7.98. The number of carbonyl (C=O) groups excluding carboxylic acids is 1. The summed E-state index contributed by atoms with van der Waals surface area (Å²) in [5, 5.41) is 9.77. The molecule has 1 aromatic heterocycles. The van der Waals surface area contributed by atoms with E-state index in [9.17, 15) is 4.79 Å². The molecule has 1 rings (SSSR count). The van der Waals surface area contributed by atoms with Crippen molar-refractivity contribution in [2.45, 2.75) is 32.2 Å². The third-order valence-corrected chi connectivity index (χ3v) is 3.41. The molecule has 19 heavy (non-hydrogen) atoms. The van der Waals surface area contributed by atoms with E-state index in [1.807, 2.05) is 27.0 Å². The van der Waals surface area contributed by atoms with Crippen LogP contribution in [0.3, 0.4) is 0 Å². The summed E-state index contributed by atoms with van der Waals surface area (Å²) in [5.41, 5.74) is 1.25. The lowest BCUT2D eigenvalue weighted by molar-refractivity contribution is 0.0716. The fourth-order valence-corrected chi connectivity index (χ4v) is 2.60. The molecular weight excluding hydrogens is 262 g/mol. The zero-order valence-electron chi connectivity index (χ0n) is 11.9. The molecule has 1 aromatic rings. The van der Waals surface area contributed by atoms with Crippen LogP contribution in [-0.2, 0) is 0 Å². The predicted octanol–water partition coefficient (Wildman–Crippen LogP) is 1.66. The summed E-state index contributed by atoms with van der Waals surface area (Å²) in [6, 6.07) is 0. The lowest BCUT2D eigenvalue weighted by Gasteiger charge is -2.22. The number of nitrogens with zero attached hydrogens (tertiary/aromatic N) is 3. The zero-order chi connectivity index (χ0) is 14.4. The lowest BCUT2D eigenvalue weighted by Crippen LogP contribution is -2.35. The van der Waals surface area contributed by atoms with Crippen LogP contribution in [0, 0.1) is 13.8 Å². The molecule has 0 aliphatic rings. The highest BCUT2D eigenvalue weighted by Crippen LogP contribution is 2.22. The molecule has 0 spiro atoms. The molecular formula is C13H21N3O2S. The number of aromatic nitrogens is 2. The second-order valence-electron chi connectivity index (χ2n) is 4.26. The van der Waals surface area contributed by atoms with Crippen LogP contribution >= 0.6 is 11.8 Å². The first-order valence-electron chi connectivity index (χ1n) is 6.34. The van der Waals surface area contributed by atoms with E-state index < -0.39 is 0 Å². The maximum absolute atomic E-state index is 12.6. The van der Waals surface area contributed by atoms with E-state index in [0.717, 1.165) is 6.42 Å². The van der Waals surface area contributed by atoms with Gasteiger partial charge in [0, 0.05) is 13.1 Å². The Morgan fingerprint density at radius 1 is 1.32 bits per heavy atom. The van der Waals surface area contributed by atoms with E-state index in [-0.39, 0.29) is 12.5 Å². The number of aliphatic hydroxyl groups is 1. The Balaban J connectivity index is 3.16. The van der Waals surface area contributed by atoms with Gasteiger partial charge in [-0.3, -0.25) is 4.79 Å². The van der Waals surface area contributed by atoms with Gasteiger partial charge in [0.2, 0.25) is 0 Å². The molecule has 0 saturated carbocycles. The van der Waals surface area contributed by atoms with Crippen molar-refractivity contribution in [3.8, 4) is 0 Å². The van der Waals surface area contributed by atoms with Gasteiger partial charge >= 0.3 is 0 Å². The topological polar surface area (TPSA) is 66.3 Å². The Kier molecular flexibility index (Phi) is 6.24. The number of hydrogen-bond donors (Lipinski definition) is 1. The van der Waals surface area contributed by atoms with E-state index in [1.54, 1.807) is 4.90 Å². The first-order chi connectivity index (χ1) is 9.04. The average Bonchev–Trinajstić information content (AvgIpc) is 2.36. The van der Waals surface area contributed by atoms with Crippen LogP contribution in [0.4, 0.5) is 0 Å². The van der Waals surface area contributed by atoms with Crippen LogP contribution < -0.4 is 0 Å². The summed E-state index contributed by atoms with van der Waals surface area (Å²) < 4.78 is 0. The summed E-state index contributed by atoms with van der Waals surface area (Å²) in [4.78, 5) is 22.8. The van der Waals surface area contributed by atoms with Gasteiger partial charge in [-0.05, 0) is 26.5 Å². The molecule has 0 aliphatic carbocycles. The van der Waals surface area contributed by atoms with Crippen LogP contribution in [-0.4, -0.2) is 51.8 Å². The normalized spacial score (nSPS) is 10.6. The van der Waals surface area contributed by atoms with Gasteiger partial charge in [-0.1, -0.05) is 6.92 Å². The summed E-state index contributed by atoms with van der Waals surface area (Å²) >= 11 is 1.44. The van der Waals surface area contributed by atoms with Gasteiger partial charge in [0.1, 0.15) is 10.9 Å². The standard InChI is InChI=1S/C13H21N3O2S/c1-5-6-16(7-8-17)13(18)11-9(2)14-10(3)15-12(11)19-4/h17H,5-8H2,1-4H3. The Hall–Kier alpha value is -1.14. The molecule has 1 N–H and O–H groups in total. The Morgan fingerprint density at radius 3 is 2.53 bits per heavy atom. The largest absolute Gasteiger partial charge is 0.395 e. The Morgan fingerprint density at radius 2 is 2.00 bits per heavy atom. The SMILES string of the molecule is CCCN(CCO)C(=O)c1c(C)nc(C)nc1SC. The van der Waals surface area contributed by atoms with Gasteiger partial charge < -0.3 is 10.0 Å². The van der Waals surface area contributed by atoms with Crippen molar-refractivity contribution in [1.29, 1.82) is 0 Å². The number of carbonyl (C=O) groups is 1. The van der Waals surface area contributed by atoms with E-state index >= 15 is 0 Å². The van der Waals surface area contributed by atoms with E-state index in [4.69, 9.17) is 5.11 Å². The number of rotatable bonds is 6. The molecule has 0 bridgehead atoms. The van der Waals surface area contributed by atoms with Crippen LogP contribution in [0.1, 0.15) is 35.2 Å². The molecule has 0 fully saturated rings. The van der Waals surface area contributed by atoms with Crippen molar-refractivity contribution in [1.82, 2.24) is 14.9 Å². The quantitative estimate of drug-likeness (QED) is 0.635. The molecule has 0 unspecified atom stereocenters. The summed E-state index contributed by atoms with van der Waals surface area (Å²) in [6.07, 6.45) is 2.75. The summed E-state index contributed by atoms with van der Waals surface area (Å²) in [5.74, 6) is 0.570.